The average Bonchev–Trinajstić information content (AvgIpc) is 2.50. The Labute approximate surface area is 175 Å². The van der Waals surface area contributed by atoms with Gasteiger partial charge in [0.15, 0.2) is 0 Å². The molecule has 1 radical (unpaired) electrons. The number of alkyl halides is 2. The number of hydrogen-bond donors (Lipinski definition) is 0. The van der Waals surface area contributed by atoms with Crippen LogP contribution in [0.2, 0.25) is 0 Å². The molecule has 2 aromatic rings. The standard InChI is InChI=1S/C16H10F3INO2.Y/c1-2-8-23-13-5-3-4-10(17)15(13)12-7-6-11(20)16(22)21(12)9-14(18)19;/h1,3-6,14H,8-9H2;/q-1;. The molecule has 3 nitrogen and oxygen atoms in total. The van der Waals surface area contributed by atoms with Crippen molar-refractivity contribution in [2.75, 3.05) is 6.61 Å². The van der Waals surface area contributed by atoms with Gasteiger partial charge < -0.3 is 9.30 Å². The van der Waals surface area contributed by atoms with Crippen LogP contribution < -0.4 is 10.3 Å². The maximum atomic E-state index is 14.3. The Kier molecular flexibility index (Phi) is 8.47. The molecule has 0 unspecified atom stereocenters. The van der Waals surface area contributed by atoms with Gasteiger partial charge in [-0.25, -0.2) is 13.2 Å². The molecule has 123 valence electrons. The zero-order valence-corrected chi connectivity index (χ0v) is 17.2. The number of hydrogen-bond acceptors (Lipinski definition) is 2. The van der Waals surface area contributed by atoms with Crippen molar-refractivity contribution >= 4 is 22.6 Å². The Bertz CT molecular complexity index is 818. The third-order valence-electron chi connectivity index (χ3n) is 2.90. The number of rotatable bonds is 5. The van der Waals surface area contributed by atoms with Gasteiger partial charge in [-0.2, -0.15) is 12.1 Å². The van der Waals surface area contributed by atoms with Crippen molar-refractivity contribution in [3.63, 3.8) is 0 Å². The first-order chi connectivity index (χ1) is 11.0. The van der Waals surface area contributed by atoms with Gasteiger partial charge in [0.05, 0.1) is 18.1 Å². The second kappa shape index (κ2) is 9.59. The van der Waals surface area contributed by atoms with Crippen LogP contribution in [0.1, 0.15) is 0 Å². The van der Waals surface area contributed by atoms with Crippen LogP contribution >= 0.6 is 22.6 Å². The molecule has 0 saturated carbocycles. The smallest absolute Gasteiger partial charge is 0.256 e. The number of ether oxygens (including phenoxy) is 1. The molecule has 0 N–H and O–H groups in total. The number of halogens is 4. The van der Waals surface area contributed by atoms with Crippen molar-refractivity contribution in [1.29, 1.82) is 0 Å². The molecule has 0 saturated heterocycles. The molecule has 1 aromatic carbocycles. The van der Waals surface area contributed by atoms with Crippen LogP contribution in [0, 0.1) is 27.8 Å². The molecule has 1 aromatic heterocycles. The van der Waals surface area contributed by atoms with E-state index >= 15 is 0 Å². The van der Waals surface area contributed by atoms with Crippen LogP contribution in [-0.4, -0.2) is 17.6 Å². The van der Waals surface area contributed by atoms with Gasteiger partial charge >= 0.3 is 0 Å². The normalized spacial score (nSPS) is 10.2. The topological polar surface area (TPSA) is 31.2 Å². The summed E-state index contributed by atoms with van der Waals surface area (Å²) in [5, 5.41) is 0. The van der Waals surface area contributed by atoms with E-state index in [2.05, 4.69) is 12.0 Å². The Morgan fingerprint density at radius 1 is 1.42 bits per heavy atom. The number of nitrogens with zero attached hydrogens (tertiary/aromatic N) is 1. The van der Waals surface area contributed by atoms with E-state index in [-0.39, 0.29) is 59.9 Å². The van der Waals surface area contributed by atoms with Gasteiger partial charge in [0.1, 0.15) is 6.61 Å². The van der Waals surface area contributed by atoms with Crippen molar-refractivity contribution < 1.29 is 50.6 Å². The van der Waals surface area contributed by atoms with Crippen LogP contribution in [-0.2, 0) is 39.3 Å². The van der Waals surface area contributed by atoms with Crippen LogP contribution in [0.3, 0.4) is 0 Å². The quantitative estimate of drug-likeness (QED) is 0.344. The monoisotopic (exact) mass is 521 g/mol. The second-order valence-electron chi connectivity index (χ2n) is 4.40. The van der Waals surface area contributed by atoms with E-state index in [0.29, 0.717) is 0 Å². The van der Waals surface area contributed by atoms with E-state index in [9.17, 15) is 18.0 Å². The molecule has 0 fully saturated rings. The number of aromatic nitrogens is 1. The molecule has 0 aliphatic rings. The van der Waals surface area contributed by atoms with E-state index in [1.807, 2.05) is 0 Å². The zero-order valence-electron chi connectivity index (χ0n) is 12.2. The van der Waals surface area contributed by atoms with Gasteiger partial charge in [-0.3, -0.25) is 4.79 Å². The predicted molar refractivity (Wildman–Crippen MR) is 88.0 cm³/mol. The zero-order chi connectivity index (χ0) is 17.0. The summed E-state index contributed by atoms with van der Waals surface area (Å²) in [7, 11) is 0. The summed E-state index contributed by atoms with van der Waals surface area (Å²) in [5.41, 5.74) is -0.886. The van der Waals surface area contributed by atoms with Crippen LogP contribution in [0.5, 0.6) is 5.75 Å². The summed E-state index contributed by atoms with van der Waals surface area (Å²) in [6.07, 6.45) is 2.33. The van der Waals surface area contributed by atoms with Gasteiger partial charge in [0.2, 0.25) is 5.56 Å². The van der Waals surface area contributed by atoms with Crippen molar-refractivity contribution in [2.45, 2.75) is 13.0 Å². The SMILES string of the molecule is C#CCOc1cccc(F)c1-c1[c-]cc(I)c(=O)n1CC(F)F.[Y]. The molecule has 24 heavy (non-hydrogen) atoms. The molecule has 0 aliphatic carbocycles. The van der Waals surface area contributed by atoms with Gasteiger partial charge in [-0.05, 0) is 21.3 Å². The molecule has 0 spiro atoms. The minimum absolute atomic E-state index is 0. The number of pyridine rings is 1. The van der Waals surface area contributed by atoms with E-state index in [1.54, 1.807) is 22.6 Å². The molecule has 1 heterocycles. The molecule has 2 rings (SSSR count). The van der Waals surface area contributed by atoms with Gasteiger partial charge in [-0.1, -0.05) is 17.7 Å². The summed E-state index contributed by atoms with van der Waals surface area (Å²) < 4.78 is 46.1. The number of terminal acetylenes is 1. The van der Waals surface area contributed by atoms with E-state index in [1.165, 1.54) is 18.2 Å². The summed E-state index contributed by atoms with van der Waals surface area (Å²) in [4.78, 5) is 12.1. The fraction of sp³-hybridized carbons (Fsp3) is 0.188. The van der Waals surface area contributed by atoms with E-state index in [0.717, 1.165) is 10.6 Å². The van der Waals surface area contributed by atoms with Crippen molar-refractivity contribution in [3.05, 3.63) is 50.1 Å². The molecular formula is C16H10F3INO2Y-. The van der Waals surface area contributed by atoms with Crippen molar-refractivity contribution in [3.8, 4) is 29.4 Å². The molecule has 0 bridgehead atoms. The Morgan fingerprint density at radius 2 is 2.12 bits per heavy atom. The second-order valence-corrected chi connectivity index (χ2v) is 5.56. The first-order valence-corrected chi connectivity index (χ1v) is 7.48. The maximum absolute atomic E-state index is 14.3. The number of benzene rings is 1. The Morgan fingerprint density at radius 3 is 2.75 bits per heavy atom. The summed E-state index contributed by atoms with van der Waals surface area (Å²) in [6, 6.07) is 7.97. The maximum Gasteiger partial charge on any atom is 0.256 e. The fourth-order valence-corrected chi connectivity index (χ4v) is 2.44. The Hall–Kier alpha value is -0.846. The predicted octanol–water partition coefficient (Wildman–Crippen LogP) is 3.33. The van der Waals surface area contributed by atoms with Crippen LogP contribution in [0.15, 0.2) is 29.1 Å². The summed E-state index contributed by atoms with van der Waals surface area (Å²) in [5.74, 6) is 1.57. The van der Waals surface area contributed by atoms with Crippen molar-refractivity contribution in [1.82, 2.24) is 4.57 Å². The van der Waals surface area contributed by atoms with E-state index in [4.69, 9.17) is 11.2 Å². The van der Waals surface area contributed by atoms with Crippen LogP contribution in [0.25, 0.3) is 11.3 Å². The fourth-order valence-electron chi connectivity index (χ4n) is 2.00. The Balaban J connectivity index is 0.00000288. The third-order valence-corrected chi connectivity index (χ3v) is 3.67. The van der Waals surface area contributed by atoms with Gasteiger partial charge in [0.25, 0.3) is 6.43 Å². The minimum atomic E-state index is -2.78. The molecule has 8 heteroatoms. The first kappa shape index (κ1) is 21.2. The minimum Gasteiger partial charge on any atom is -0.493 e. The van der Waals surface area contributed by atoms with Crippen molar-refractivity contribution in [2.24, 2.45) is 0 Å². The molecule has 0 aliphatic heterocycles. The van der Waals surface area contributed by atoms with E-state index < -0.39 is 24.3 Å². The first-order valence-electron chi connectivity index (χ1n) is 6.40. The summed E-state index contributed by atoms with van der Waals surface area (Å²) in [6.45, 7) is -0.996. The molecule has 0 amide bonds. The van der Waals surface area contributed by atoms with Gasteiger partial charge in [-0.15, -0.1) is 29.0 Å². The molecular weight excluding hydrogens is 511 g/mol. The molecule has 0 atom stereocenters. The van der Waals surface area contributed by atoms with Crippen LogP contribution in [0.4, 0.5) is 13.2 Å². The average molecular weight is 521 g/mol. The third kappa shape index (κ3) is 4.84. The van der Waals surface area contributed by atoms with Gasteiger partial charge in [0, 0.05) is 32.7 Å². The largest absolute Gasteiger partial charge is 0.493 e. The summed E-state index contributed by atoms with van der Waals surface area (Å²) >= 11 is 1.71.